The van der Waals surface area contributed by atoms with Crippen molar-refractivity contribution >= 4 is 17.3 Å². The lowest BCUT2D eigenvalue weighted by atomic mass is 9.94. The number of hydrogen-bond acceptors (Lipinski definition) is 4. The van der Waals surface area contributed by atoms with Gasteiger partial charge in [-0.1, -0.05) is 0 Å². The van der Waals surface area contributed by atoms with Crippen molar-refractivity contribution in [3.63, 3.8) is 0 Å². The van der Waals surface area contributed by atoms with Gasteiger partial charge in [0.25, 0.3) is 0 Å². The van der Waals surface area contributed by atoms with Gasteiger partial charge in [-0.2, -0.15) is 0 Å². The van der Waals surface area contributed by atoms with E-state index in [-0.39, 0.29) is 0 Å². The Kier molecular flexibility index (Phi) is 3.02. The van der Waals surface area contributed by atoms with E-state index < -0.39 is 5.97 Å². The first-order chi connectivity index (χ1) is 7.16. The topological polar surface area (TPSA) is 62.2 Å². The van der Waals surface area contributed by atoms with Crippen LogP contribution in [0, 0.1) is 0 Å². The average Bonchev–Trinajstić information content (AvgIpc) is 2.66. The maximum Gasteiger partial charge on any atom is 0.347 e. The molecule has 2 unspecified atom stereocenters. The third-order valence-corrected chi connectivity index (χ3v) is 3.86. The fourth-order valence-electron chi connectivity index (χ4n) is 1.93. The van der Waals surface area contributed by atoms with Crippen molar-refractivity contribution in [2.24, 2.45) is 0 Å². The monoisotopic (exact) mass is 226 g/mol. The molecule has 2 heterocycles. The molecule has 2 rings (SSSR count). The van der Waals surface area contributed by atoms with Crippen LogP contribution in [0.15, 0.2) is 6.20 Å². The van der Waals surface area contributed by atoms with Crippen LogP contribution in [0.2, 0.25) is 0 Å². The lowest BCUT2D eigenvalue weighted by Gasteiger charge is -2.26. The van der Waals surface area contributed by atoms with Gasteiger partial charge in [0.15, 0.2) is 0 Å². The minimum Gasteiger partial charge on any atom is -0.477 e. The van der Waals surface area contributed by atoms with Gasteiger partial charge in [-0.05, 0) is 26.3 Å². The Balaban J connectivity index is 2.11. The molecule has 82 valence electrons. The maximum absolute atomic E-state index is 10.7. The first-order valence-electron chi connectivity index (χ1n) is 5.09. The van der Waals surface area contributed by atoms with Crippen molar-refractivity contribution in [2.45, 2.75) is 31.7 Å². The summed E-state index contributed by atoms with van der Waals surface area (Å²) in [6, 6.07) is 0.501. The van der Waals surface area contributed by atoms with Crippen molar-refractivity contribution < 1.29 is 9.90 Å². The highest BCUT2D eigenvalue weighted by Gasteiger charge is 2.23. The molecule has 1 fully saturated rings. The number of carboxylic acid groups (broad SMARTS) is 1. The van der Waals surface area contributed by atoms with Crippen molar-refractivity contribution in [3.05, 3.63) is 16.1 Å². The number of thiazole rings is 1. The number of piperidine rings is 1. The molecule has 1 aliphatic rings. The van der Waals surface area contributed by atoms with Gasteiger partial charge in [0.2, 0.25) is 0 Å². The number of hydrogen-bond donors (Lipinski definition) is 2. The minimum absolute atomic E-state index is 0.344. The number of aromatic nitrogens is 1. The summed E-state index contributed by atoms with van der Waals surface area (Å²) in [6.45, 7) is 3.14. The third kappa shape index (κ3) is 2.35. The molecule has 0 spiro atoms. The summed E-state index contributed by atoms with van der Waals surface area (Å²) in [5, 5.41) is 13.2. The predicted octanol–water partition coefficient (Wildman–Crippen LogP) is 1.70. The highest BCUT2D eigenvalue weighted by atomic mass is 32.1. The smallest absolute Gasteiger partial charge is 0.347 e. The van der Waals surface area contributed by atoms with Crippen molar-refractivity contribution in [2.75, 3.05) is 6.54 Å². The lowest BCUT2D eigenvalue weighted by molar-refractivity contribution is 0.0702. The Morgan fingerprint density at radius 1 is 1.73 bits per heavy atom. The van der Waals surface area contributed by atoms with Gasteiger partial charge >= 0.3 is 5.97 Å². The molecular formula is C10H14N2O2S. The number of rotatable bonds is 2. The Labute approximate surface area is 92.3 Å². The van der Waals surface area contributed by atoms with E-state index in [0.29, 0.717) is 16.8 Å². The molecule has 0 aromatic carbocycles. The van der Waals surface area contributed by atoms with Gasteiger partial charge in [0.1, 0.15) is 4.88 Å². The van der Waals surface area contributed by atoms with E-state index in [1.54, 1.807) is 0 Å². The summed E-state index contributed by atoms with van der Waals surface area (Å²) < 4.78 is 0. The van der Waals surface area contributed by atoms with Crippen LogP contribution in [0.5, 0.6) is 0 Å². The second-order valence-electron chi connectivity index (χ2n) is 3.94. The number of carboxylic acids is 1. The molecule has 1 aliphatic heterocycles. The Morgan fingerprint density at radius 2 is 2.53 bits per heavy atom. The Bertz CT molecular complexity index is 364. The van der Waals surface area contributed by atoms with Gasteiger partial charge in [-0.25, -0.2) is 9.78 Å². The van der Waals surface area contributed by atoms with E-state index in [4.69, 9.17) is 5.11 Å². The van der Waals surface area contributed by atoms with Crippen LogP contribution < -0.4 is 5.32 Å². The van der Waals surface area contributed by atoms with Crippen LogP contribution in [0.25, 0.3) is 0 Å². The third-order valence-electron chi connectivity index (χ3n) is 2.71. The summed E-state index contributed by atoms with van der Waals surface area (Å²) in [5.74, 6) is -0.444. The molecule has 2 atom stereocenters. The second-order valence-corrected chi connectivity index (χ2v) is 5.01. The average molecular weight is 226 g/mol. The van der Waals surface area contributed by atoms with Gasteiger partial charge in [-0.3, -0.25) is 0 Å². The summed E-state index contributed by atoms with van der Waals surface area (Å²) in [6.07, 6.45) is 3.57. The van der Waals surface area contributed by atoms with E-state index in [1.165, 1.54) is 17.5 Å². The van der Waals surface area contributed by atoms with E-state index in [9.17, 15) is 4.79 Å². The van der Waals surface area contributed by atoms with Crippen LogP contribution in [-0.2, 0) is 0 Å². The van der Waals surface area contributed by atoms with Crippen molar-refractivity contribution in [1.29, 1.82) is 0 Å². The molecule has 5 heteroatoms. The first-order valence-corrected chi connectivity index (χ1v) is 5.91. The highest BCUT2D eigenvalue weighted by molar-refractivity contribution is 7.13. The van der Waals surface area contributed by atoms with Crippen LogP contribution >= 0.6 is 11.3 Å². The summed E-state index contributed by atoms with van der Waals surface area (Å²) in [7, 11) is 0. The van der Waals surface area contributed by atoms with Crippen LogP contribution in [0.3, 0.4) is 0 Å². The minimum atomic E-state index is -0.874. The van der Waals surface area contributed by atoms with E-state index in [2.05, 4.69) is 17.2 Å². The van der Waals surface area contributed by atoms with Gasteiger partial charge < -0.3 is 10.4 Å². The molecule has 2 N–H and O–H groups in total. The SMILES string of the molecule is CC1CC(c2ncc(C(=O)O)s2)CCN1. The number of nitrogens with zero attached hydrogens (tertiary/aromatic N) is 1. The van der Waals surface area contributed by atoms with Gasteiger partial charge in [0.05, 0.1) is 11.2 Å². The lowest BCUT2D eigenvalue weighted by Crippen LogP contribution is -2.34. The summed E-state index contributed by atoms with van der Waals surface area (Å²) in [4.78, 5) is 15.3. The molecule has 15 heavy (non-hydrogen) atoms. The number of carbonyl (C=O) groups is 1. The molecule has 0 aliphatic carbocycles. The number of aromatic carboxylic acids is 1. The maximum atomic E-state index is 10.7. The van der Waals surface area contributed by atoms with Crippen LogP contribution in [0.4, 0.5) is 0 Å². The molecule has 4 nitrogen and oxygen atoms in total. The second kappa shape index (κ2) is 4.28. The molecule has 1 aromatic rings. The van der Waals surface area contributed by atoms with E-state index in [0.717, 1.165) is 24.4 Å². The molecule has 0 bridgehead atoms. The highest BCUT2D eigenvalue weighted by Crippen LogP contribution is 2.30. The zero-order valence-corrected chi connectivity index (χ0v) is 9.38. The Hall–Kier alpha value is -0.940. The zero-order chi connectivity index (χ0) is 10.8. The fourth-order valence-corrected chi connectivity index (χ4v) is 2.84. The standard InChI is InChI=1S/C10H14N2O2S/c1-6-4-7(2-3-11-6)9-12-5-8(15-9)10(13)14/h5-7,11H,2-4H2,1H3,(H,13,14). The summed E-state index contributed by atoms with van der Waals surface area (Å²) in [5.41, 5.74) is 0. The molecular weight excluding hydrogens is 212 g/mol. The zero-order valence-electron chi connectivity index (χ0n) is 8.56. The summed E-state index contributed by atoms with van der Waals surface area (Å²) >= 11 is 1.31. The predicted molar refractivity (Wildman–Crippen MR) is 58.5 cm³/mol. The molecule has 0 saturated carbocycles. The molecule has 0 amide bonds. The van der Waals surface area contributed by atoms with Crippen molar-refractivity contribution in [1.82, 2.24) is 10.3 Å². The van der Waals surface area contributed by atoms with Gasteiger partial charge in [-0.15, -0.1) is 11.3 Å². The molecule has 1 aromatic heterocycles. The largest absolute Gasteiger partial charge is 0.477 e. The number of nitrogens with one attached hydrogen (secondary N) is 1. The van der Waals surface area contributed by atoms with Crippen LogP contribution in [-0.4, -0.2) is 28.6 Å². The quantitative estimate of drug-likeness (QED) is 0.805. The van der Waals surface area contributed by atoms with E-state index >= 15 is 0 Å². The normalized spacial score (nSPS) is 26.5. The van der Waals surface area contributed by atoms with E-state index in [1.807, 2.05) is 0 Å². The first kappa shape index (κ1) is 10.6. The Morgan fingerprint density at radius 3 is 3.13 bits per heavy atom. The van der Waals surface area contributed by atoms with Gasteiger partial charge in [0, 0.05) is 12.0 Å². The molecule has 1 saturated heterocycles. The van der Waals surface area contributed by atoms with Crippen molar-refractivity contribution in [3.8, 4) is 0 Å². The van der Waals surface area contributed by atoms with Crippen LogP contribution in [0.1, 0.15) is 40.4 Å². The fraction of sp³-hybridized carbons (Fsp3) is 0.600. The molecule has 0 radical (unpaired) electrons.